The SMILES string of the molecule is COc1ccc(CN2CCN(CC3(C)CCNC3)CC2)cc1F. The van der Waals surface area contributed by atoms with E-state index in [1.807, 2.05) is 6.07 Å². The summed E-state index contributed by atoms with van der Waals surface area (Å²) in [7, 11) is 1.50. The molecule has 0 radical (unpaired) electrons. The molecule has 0 saturated carbocycles. The lowest BCUT2D eigenvalue weighted by molar-refractivity contribution is 0.0932. The van der Waals surface area contributed by atoms with E-state index in [9.17, 15) is 4.39 Å². The molecule has 2 aliphatic heterocycles. The first-order valence-corrected chi connectivity index (χ1v) is 8.56. The van der Waals surface area contributed by atoms with Gasteiger partial charge in [-0.1, -0.05) is 13.0 Å². The van der Waals surface area contributed by atoms with E-state index in [0.717, 1.165) is 51.4 Å². The maximum atomic E-state index is 13.8. The van der Waals surface area contributed by atoms with Gasteiger partial charge in [0.2, 0.25) is 0 Å². The van der Waals surface area contributed by atoms with Gasteiger partial charge in [0, 0.05) is 45.8 Å². The Bertz CT molecular complexity index is 523. The van der Waals surface area contributed by atoms with Gasteiger partial charge in [0.15, 0.2) is 11.6 Å². The van der Waals surface area contributed by atoms with Gasteiger partial charge in [-0.25, -0.2) is 4.39 Å². The topological polar surface area (TPSA) is 27.7 Å². The summed E-state index contributed by atoms with van der Waals surface area (Å²) in [5, 5.41) is 3.48. The molecule has 4 nitrogen and oxygen atoms in total. The van der Waals surface area contributed by atoms with Crippen molar-refractivity contribution < 1.29 is 9.13 Å². The molecule has 128 valence electrons. The molecule has 23 heavy (non-hydrogen) atoms. The summed E-state index contributed by atoms with van der Waals surface area (Å²) < 4.78 is 18.8. The highest BCUT2D eigenvalue weighted by Gasteiger charge is 2.31. The third-order valence-electron chi connectivity index (χ3n) is 5.15. The molecule has 0 aromatic heterocycles. The quantitative estimate of drug-likeness (QED) is 0.897. The number of benzene rings is 1. The van der Waals surface area contributed by atoms with Crippen molar-refractivity contribution in [1.82, 2.24) is 15.1 Å². The second-order valence-corrected chi connectivity index (χ2v) is 7.26. The lowest BCUT2D eigenvalue weighted by Crippen LogP contribution is -2.49. The zero-order valence-corrected chi connectivity index (χ0v) is 14.3. The minimum atomic E-state index is -0.273. The molecule has 3 rings (SSSR count). The number of rotatable bonds is 5. The van der Waals surface area contributed by atoms with Crippen LogP contribution >= 0.6 is 0 Å². The van der Waals surface area contributed by atoms with E-state index in [2.05, 4.69) is 22.0 Å². The van der Waals surface area contributed by atoms with Crippen molar-refractivity contribution in [2.45, 2.75) is 19.9 Å². The van der Waals surface area contributed by atoms with Gasteiger partial charge in [-0.2, -0.15) is 0 Å². The van der Waals surface area contributed by atoms with Crippen molar-refractivity contribution in [3.05, 3.63) is 29.6 Å². The van der Waals surface area contributed by atoms with Gasteiger partial charge in [-0.15, -0.1) is 0 Å². The lowest BCUT2D eigenvalue weighted by atomic mass is 9.89. The van der Waals surface area contributed by atoms with Gasteiger partial charge in [0.1, 0.15) is 0 Å². The third kappa shape index (κ3) is 4.22. The number of methoxy groups -OCH3 is 1. The number of ether oxygens (including phenoxy) is 1. The zero-order chi connectivity index (χ0) is 16.3. The monoisotopic (exact) mass is 321 g/mol. The molecule has 2 fully saturated rings. The average molecular weight is 321 g/mol. The standard InChI is InChI=1S/C18H28FN3O/c1-18(5-6-20-13-18)14-22-9-7-21(8-10-22)12-15-3-4-17(23-2)16(19)11-15/h3-4,11,20H,5-10,12-14H2,1-2H3. The Morgan fingerprint density at radius 2 is 1.96 bits per heavy atom. The molecule has 2 aliphatic rings. The summed E-state index contributed by atoms with van der Waals surface area (Å²) in [6.45, 7) is 11.0. The molecule has 1 atom stereocenters. The molecule has 5 heteroatoms. The summed E-state index contributed by atoms with van der Waals surface area (Å²) in [6.07, 6.45) is 1.28. The average Bonchev–Trinajstić information content (AvgIpc) is 2.96. The van der Waals surface area contributed by atoms with E-state index in [1.54, 1.807) is 12.1 Å². The number of piperazine rings is 1. The van der Waals surface area contributed by atoms with Crippen LogP contribution in [0.5, 0.6) is 5.75 Å². The van der Waals surface area contributed by atoms with Gasteiger partial charge >= 0.3 is 0 Å². The summed E-state index contributed by atoms with van der Waals surface area (Å²) in [6, 6.07) is 5.27. The van der Waals surface area contributed by atoms with Crippen LogP contribution in [-0.4, -0.2) is 62.7 Å². The molecule has 0 bridgehead atoms. The molecule has 1 unspecified atom stereocenters. The van der Waals surface area contributed by atoms with Crippen LogP contribution in [0.3, 0.4) is 0 Å². The van der Waals surface area contributed by atoms with Gasteiger partial charge < -0.3 is 15.0 Å². The molecule has 2 heterocycles. The van der Waals surface area contributed by atoms with Crippen molar-refractivity contribution in [1.29, 1.82) is 0 Å². The van der Waals surface area contributed by atoms with E-state index >= 15 is 0 Å². The Kier molecular flexibility index (Phi) is 5.19. The molecule has 0 aliphatic carbocycles. The first-order valence-electron chi connectivity index (χ1n) is 8.56. The second-order valence-electron chi connectivity index (χ2n) is 7.26. The van der Waals surface area contributed by atoms with Crippen molar-refractivity contribution in [3.63, 3.8) is 0 Å². The zero-order valence-electron chi connectivity index (χ0n) is 14.3. The van der Waals surface area contributed by atoms with Crippen LogP contribution in [0, 0.1) is 11.2 Å². The summed E-state index contributed by atoms with van der Waals surface area (Å²) in [4.78, 5) is 4.99. The molecule has 1 aromatic carbocycles. The molecule has 0 amide bonds. The largest absolute Gasteiger partial charge is 0.494 e. The Balaban J connectivity index is 1.48. The molecule has 2 saturated heterocycles. The van der Waals surface area contributed by atoms with Crippen LogP contribution in [0.4, 0.5) is 4.39 Å². The normalized spacial score (nSPS) is 26.6. The second kappa shape index (κ2) is 7.16. The predicted octanol–water partition coefficient (Wildman–Crippen LogP) is 1.95. The van der Waals surface area contributed by atoms with E-state index in [4.69, 9.17) is 4.74 Å². The van der Waals surface area contributed by atoms with Gasteiger partial charge in [0.25, 0.3) is 0 Å². The summed E-state index contributed by atoms with van der Waals surface area (Å²) in [5.41, 5.74) is 1.45. The maximum absolute atomic E-state index is 13.8. The number of nitrogens with zero attached hydrogens (tertiary/aromatic N) is 2. The first-order chi connectivity index (χ1) is 11.1. The third-order valence-corrected chi connectivity index (χ3v) is 5.15. The molecule has 0 spiro atoms. The highest BCUT2D eigenvalue weighted by Crippen LogP contribution is 2.26. The highest BCUT2D eigenvalue weighted by atomic mass is 19.1. The molecule has 1 aromatic rings. The van der Waals surface area contributed by atoms with Crippen LogP contribution in [-0.2, 0) is 6.54 Å². The van der Waals surface area contributed by atoms with Crippen LogP contribution in [0.2, 0.25) is 0 Å². The van der Waals surface area contributed by atoms with E-state index in [1.165, 1.54) is 20.1 Å². The van der Waals surface area contributed by atoms with Crippen LogP contribution in [0.1, 0.15) is 18.9 Å². The van der Waals surface area contributed by atoms with Crippen LogP contribution in [0.15, 0.2) is 18.2 Å². The summed E-state index contributed by atoms with van der Waals surface area (Å²) >= 11 is 0. The minimum Gasteiger partial charge on any atom is -0.494 e. The fourth-order valence-electron chi connectivity index (χ4n) is 3.72. The summed E-state index contributed by atoms with van der Waals surface area (Å²) in [5.74, 6) is 0.0438. The predicted molar refractivity (Wildman–Crippen MR) is 90.3 cm³/mol. The highest BCUT2D eigenvalue weighted by molar-refractivity contribution is 5.29. The number of nitrogens with one attached hydrogen (secondary N) is 1. The van der Waals surface area contributed by atoms with Crippen LogP contribution in [0.25, 0.3) is 0 Å². The van der Waals surface area contributed by atoms with Crippen molar-refractivity contribution in [2.75, 3.05) is 52.9 Å². The Morgan fingerprint density at radius 3 is 2.57 bits per heavy atom. The fourth-order valence-corrected chi connectivity index (χ4v) is 3.72. The van der Waals surface area contributed by atoms with Crippen molar-refractivity contribution in [2.24, 2.45) is 5.41 Å². The maximum Gasteiger partial charge on any atom is 0.165 e. The van der Waals surface area contributed by atoms with E-state index in [-0.39, 0.29) is 5.82 Å². The Hall–Kier alpha value is -1.17. The lowest BCUT2D eigenvalue weighted by Gasteiger charge is -2.38. The first kappa shape index (κ1) is 16.7. The van der Waals surface area contributed by atoms with E-state index in [0.29, 0.717) is 11.2 Å². The van der Waals surface area contributed by atoms with Crippen molar-refractivity contribution >= 4 is 0 Å². The molecular formula is C18H28FN3O. The fraction of sp³-hybridized carbons (Fsp3) is 0.667. The van der Waals surface area contributed by atoms with Gasteiger partial charge in [-0.3, -0.25) is 4.90 Å². The minimum absolute atomic E-state index is 0.273. The van der Waals surface area contributed by atoms with E-state index < -0.39 is 0 Å². The number of hydrogen-bond donors (Lipinski definition) is 1. The number of halogens is 1. The number of hydrogen-bond acceptors (Lipinski definition) is 4. The van der Waals surface area contributed by atoms with Crippen molar-refractivity contribution in [3.8, 4) is 5.75 Å². The van der Waals surface area contributed by atoms with Gasteiger partial charge in [-0.05, 0) is 36.1 Å². The Morgan fingerprint density at radius 1 is 1.22 bits per heavy atom. The molecule has 1 N–H and O–H groups in total. The Labute approximate surface area is 138 Å². The van der Waals surface area contributed by atoms with Gasteiger partial charge in [0.05, 0.1) is 7.11 Å². The van der Waals surface area contributed by atoms with Crippen LogP contribution < -0.4 is 10.1 Å². The molecular weight excluding hydrogens is 293 g/mol. The smallest absolute Gasteiger partial charge is 0.165 e.